The van der Waals surface area contributed by atoms with E-state index < -0.39 is 0 Å². The highest BCUT2D eigenvalue weighted by Gasteiger charge is 2.19. The molecule has 4 nitrogen and oxygen atoms in total. The molecule has 0 aliphatic heterocycles. The summed E-state index contributed by atoms with van der Waals surface area (Å²) in [7, 11) is 1.99. The van der Waals surface area contributed by atoms with Crippen molar-refractivity contribution in [3.05, 3.63) is 17.1 Å². The number of nitrogens with zero attached hydrogens (tertiary/aromatic N) is 2. The van der Waals surface area contributed by atoms with Crippen LogP contribution in [0, 0.1) is 5.92 Å². The zero-order valence-corrected chi connectivity index (χ0v) is 15.2. The number of ether oxygens (including phenoxy) is 1. The fraction of sp³-hybridized carbons (Fsp3) is 0.789. The van der Waals surface area contributed by atoms with Crippen LogP contribution in [0.15, 0.2) is 0 Å². The Morgan fingerprint density at radius 2 is 1.91 bits per heavy atom. The first-order valence-corrected chi connectivity index (χ1v) is 9.44. The maximum absolute atomic E-state index is 6.20. The van der Waals surface area contributed by atoms with Gasteiger partial charge in [0.1, 0.15) is 5.82 Å². The van der Waals surface area contributed by atoms with Crippen molar-refractivity contribution in [2.45, 2.75) is 71.6 Å². The summed E-state index contributed by atoms with van der Waals surface area (Å²) >= 11 is 0. The highest BCUT2D eigenvalue weighted by atomic mass is 16.5. The van der Waals surface area contributed by atoms with Crippen molar-refractivity contribution in [3.8, 4) is 5.88 Å². The summed E-state index contributed by atoms with van der Waals surface area (Å²) in [5.74, 6) is 2.52. The molecule has 130 valence electrons. The number of aromatic nitrogens is 2. The maximum Gasteiger partial charge on any atom is 0.220 e. The lowest BCUT2D eigenvalue weighted by Gasteiger charge is -2.17. The fourth-order valence-electron chi connectivity index (χ4n) is 3.29. The summed E-state index contributed by atoms with van der Waals surface area (Å²) < 4.78 is 6.20. The van der Waals surface area contributed by atoms with Gasteiger partial charge in [0, 0.05) is 12.0 Å². The van der Waals surface area contributed by atoms with Crippen LogP contribution in [0.2, 0.25) is 0 Å². The Bertz CT molecular complexity index is 470. The quantitative estimate of drug-likeness (QED) is 0.714. The van der Waals surface area contributed by atoms with Crippen LogP contribution in [-0.4, -0.2) is 30.2 Å². The molecule has 0 spiro atoms. The number of nitrogens with one attached hydrogen (secondary N) is 1. The Balaban J connectivity index is 2.17. The molecule has 1 aromatic heterocycles. The zero-order valence-electron chi connectivity index (χ0n) is 15.2. The minimum Gasteiger partial charge on any atom is -0.477 e. The summed E-state index contributed by atoms with van der Waals surface area (Å²) in [5.41, 5.74) is 2.38. The van der Waals surface area contributed by atoms with E-state index >= 15 is 0 Å². The van der Waals surface area contributed by atoms with Crippen LogP contribution in [0.1, 0.15) is 69.5 Å². The van der Waals surface area contributed by atoms with E-state index in [0.717, 1.165) is 50.5 Å². The molecule has 1 aliphatic carbocycles. The topological polar surface area (TPSA) is 47.0 Å². The summed E-state index contributed by atoms with van der Waals surface area (Å²) in [6.45, 7) is 6.14. The molecule has 0 saturated heterocycles. The van der Waals surface area contributed by atoms with E-state index in [1.165, 1.54) is 43.4 Å². The van der Waals surface area contributed by atoms with E-state index in [9.17, 15) is 0 Å². The van der Waals surface area contributed by atoms with Gasteiger partial charge in [-0.3, -0.25) is 0 Å². The lowest BCUT2D eigenvalue weighted by atomic mass is 10.1. The molecule has 0 aromatic carbocycles. The van der Waals surface area contributed by atoms with Crippen molar-refractivity contribution >= 4 is 0 Å². The predicted octanol–water partition coefficient (Wildman–Crippen LogP) is 3.71. The van der Waals surface area contributed by atoms with Gasteiger partial charge in [-0.15, -0.1) is 0 Å². The summed E-state index contributed by atoms with van der Waals surface area (Å²) in [6, 6.07) is 0. The van der Waals surface area contributed by atoms with Crippen molar-refractivity contribution in [1.82, 2.24) is 15.3 Å². The number of rotatable bonds is 10. The van der Waals surface area contributed by atoms with Crippen LogP contribution >= 0.6 is 0 Å². The van der Waals surface area contributed by atoms with E-state index in [1.807, 2.05) is 7.05 Å². The van der Waals surface area contributed by atoms with Crippen molar-refractivity contribution in [3.63, 3.8) is 0 Å². The monoisotopic (exact) mass is 319 g/mol. The van der Waals surface area contributed by atoms with Crippen LogP contribution in [0.5, 0.6) is 5.88 Å². The van der Waals surface area contributed by atoms with Gasteiger partial charge in [-0.25, -0.2) is 4.98 Å². The molecule has 1 N–H and O–H groups in total. The summed E-state index contributed by atoms with van der Waals surface area (Å²) in [5, 5.41) is 3.23. The average molecular weight is 319 g/mol. The molecule has 4 heteroatoms. The van der Waals surface area contributed by atoms with Crippen LogP contribution in [0.3, 0.4) is 0 Å². The standard InChI is InChI=1S/C19H33N3O/c1-4-6-11-18-21-17(5-2)16(12-13-20-3)19(22-18)23-14-15-9-7-8-10-15/h15,20H,4-14H2,1-3H3. The minimum atomic E-state index is 0.714. The number of hydrogen-bond donors (Lipinski definition) is 1. The van der Waals surface area contributed by atoms with Crippen LogP contribution in [-0.2, 0) is 19.3 Å². The normalized spacial score (nSPS) is 15.3. The van der Waals surface area contributed by atoms with Crippen molar-refractivity contribution in [2.75, 3.05) is 20.2 Å². The highest BCUT2D eigenvalue weighted by molar-refractivity contribution is 5.32. The Kier molecular flexibility index (Phi) is 7.80. The highest BCUT2D eigenvalue weighted by Crippen LogP contribution is 2.27. The smallest absolute Gasteiger partial charge is 0.220 e. The lowest BCUT2D eigenvalue weighted by molar-refractivity contribution is 0.239. The molecule has 1 saturated carbocycles. The predicted molar refractivity (Wildman–Crippen MR) is 95.1 cm³/mol. The van der Waals surface area contributed by atoms with Gasteiger partial charge in [-0.05, 0) is 51.6 Å². The molecule has 1 aromatic rings. The van der Waals surface area contributed by atoms with E-state index in [-0.39, 0.29) is 0 Å². The van der Waals surface area contributed by atoms with Crippen LogP contribution < -0.4 is 10.1 Å². The first kappa shape index (κ1) is 18.2. The molecule has 1 fully saturated rings. The third-order valence-corrected chi connectivity index (χ3v) is 4.75. The molecule has 0 bridgehead atoms. The molecule has 0 atom stereocenters. The fourth-order valence-corrected chi connectivity index (χ4v) is 3.29. The molecular weight excluding hydrogens is 286 g/mol. The molecule has 23 heavy (non-hydrogen) atoms. The first-order valence-electron chi connectivity index (χ1n) is 9.44. The number of likely N-dealkylation sites (N-methyl/N-ethyl adjacent to an activating group) is 1. The zero-order chi connectivity index (χ0) is 16.5. The SMILES string of the molecule is CCCCc1nc(CC)c(CCNC)c(OCC2CCCC2)n1. The minimum absolute atomic E-state index is 0.714. The van der Waals surface area contributed by atoms with Gasteiger partial charge in [0.05, 0.1) is 12.3 Å². The van der Waals surface area contributed by atoms with Crippen molar-refractivity contribution < 1.29 is 4.74 Å². The summed E-state index contributed by atoms with van der Waals surface area (Å²) in [6.07, 6.45) is 10.5. The molecule has 0 amide bonds. The number of hydrogen-bond acceptors (Lipinski definition) is 4. The summed E-state index contributed by atoms with van der Waals surface area (Å²) in [4.78, 5) is 9.57. The molecule has 0 unspecified atom stereocenters. The number of aryl methyl sites for hydroxylation is 2. The Morgan fingerprint density at radius 3 is 2.57 bits per heavy atom. The molecule has 0 radical (unpaired) electrons. The van der Waals surface area contributed by atoms with Gasteiger partial charge < -0.3 is 10.1 Å². The Hall–Kier alpha value is -1.16. The van der Waals surface area contributed by atoms with Gasteiger partial charge in [0.15, 0.2) is 0 Å². The Morgan fingerprint density at radius 1 is 1.13 bits per heavy atom. The van der Waals surface area contributed by atoms with E-state index in [0.29, 0.717) is 5.92 Å². The van der Waals surface area contributed by atoms with E-state index in [4.69, 9.17) is 14.7 Å². The van der Waals surface area contributed by atoms with Gasteiger partial charge >= 0.3 is 0 Å². The van der Waals surface area contributed by atoms with Gasteiger partial charge in [0.2, 0.25) is 5.88 Å². The molecule has 1 heterocycles. The third-order valence-electron chi connectivity index (χ3n) is 4.75. The Labute approximate surface area is 141 Å². The second kappa shape index (κ2) is 9.86. The van der Waals surface area contributed by atoms with Crippen molar-refractivity contribution in [1.29, 1.82) is 0 Å². The van der Waals surface area contributed by atoms with Gasteiger partial charge in [0.25, 0.3) is 0 Å². The first-order chi connectivity index (χ1) is 11.3. The second-order valence-corrected chi connectivity index (χ2v) is 6.64. The maximum atomic E-state index is 6.20. The van der Waals surface area contributed by atoms with E-state index in [2.05, 4.69) is 19.2 Å². The second-order valence-electron chi connectivity index (χ2n) is 6.64. The van der Waals surface area contributed by atoms with E-state index in [1.54, 1.807) is 0 Å². The average Bonchev–Trinajstić information content (AvgIpc) is 3.09. The molecule has 1 aliphatic rings. The van der Waals surface area contributed by atoms with Crippen LogP contribution in [0.4, 0.5) is 0 Å². The van der Waals surface area contributed by atoms with Gasteiger partial charge in [-0.1, -0.05) is 33.1 Å². The molecule has 2 rings (SSSR count). The van der Waals surface area contributed by atoms with Crippen molar-refractivity contribution in [2.24, 2.45) is 5.92 Å². The number of unbranched alkanes of at least 4 members (excludes halogenated alkanes) is 1. The van der Waals surface area contributed by atoms with Crippen LogP contribution in [0.25, 0.3) is 0 Å². The lowest BCUT2D eigenvalue weighted by Crippen LogP contribution is -2.17. The third kappa shape index (κ3) is 5.45. The molecular formula is C19H33N3O. The largest absolute Gasteiger partial charge is 0.477 e. The van der Waals surface area contributed by atoms with Gasteiger partial charge in [-0.2, -0.15) is 4.98 Å².